The Morgan fingerprint density at radius 2 is 1.50 bits per heavy atom. The van der Waals surface area contributed by atoms with Crippen LogP contribution in [0.2, 0.25) is 0 Å². The third-order valence-corrected chi connectivity index (χ3v) is 4.92. The summed E-state index contributed by atoms with van der Waals surface area (Å²) < 4.78 is 0. The lowest BCUT2D eigenvalue weighted by Crippen LogP contribution is -2.05. The van der Waals surface area contributed by atoms with Crippen molar-refractivity contribution in [1.82, 2.24) is 0 Å². The smallest absolute Gasteiger partial charge is 0.0409 e. The van der Waals surface area contributed by atoms with E-state index in [0.717, 1.165) is 29.6 Å². The molecule has 0 aromatic heterocycles. The Kier molecular flexibility index (Phi) is 4.33. The highest BCUT2D eigenvalue weighted by Crippen LogP contribution is 2.42. The first kappa shape index (κ1) is 12.5. The van der Waals surface area contributed by atoms with Crippen LogP contribution in [-0.4, -0.2) is 0 Å². The molecule has 94 valence electrons. The lowest BCUT2D eigenvalue weighted by atomic mass is 9.89. The average Bonchev–Trinajstić information content (AvgIpc) is 2.76. The SMILES string of the molecule is CC(C)CC1CCC(CC2CCC(C)C2)C1. The molecule has 2 aliphatic carbocycles. The summed E-state index contributed by atoms with van der Waals surface area (Å²) in [7, 11) is 0. The minimum absolute atomic E-state index is 0.912. The van der Waals surface area contributed by atoms with Crippen LogP contribution in [-0.2, 0) is 0 Å². The summed E-state index contributed by atoms with van der Waals surface area (Å²) in [6.45, 7) is 7.20. The van der Waals surface area contributed by atoms with Crippen molar-refractivity contribution >= 4 is 0 Å². The molecule has 2 rings (SSSR count). The van der Waals surface area contributed by atoms with Crippen LogP contribution in [0.1, 0.15) is 72.1 Å². The molecule has 0 heterocycles. The molecular weight excluding hydrogens is 192 g/mol. The highest BCUT2D eigenvalue weighted by molar-refractivity contribution is 4.81. The molecule has 16 heavy (non-hydrogen) atoms. The molecule has 0 aromatic carbocycles. The van der Waals surface area contributed by atoms with Crippen molar-refractivity contribution in [2.24, 2.45) is 29.6 Å². The standard InChI is InChI=1S/C16H30/c1-12(2)8-14-6-7-16(10-14)11-15-5-4-13(3)9-15/h12-16H,4-11H2,1-3H3. The Labute approximate surface area is 102 Å². The largest absolute Gasteiger partial charge is 0.0628 e. The molecule has 0 aromatic rings. The average molecular weight is 222 g/mol. The van der Waals surface area contributed by atoms with Gasteiger partial charge in [-0.3, -0.25) is 0 Å². The highest BCUT2D eigenvalue weighted by atomic mass is 14.3. The molecule has 2 fully saturated rings. The Balaban J connectivity index is 1.68. The third kappa shape index (κ3) is 3.50. The van der Waals surface area contributed by atoms with Gasteiger partial charge in [0.1, 0.15) is 0 Å². The maximum Gasteiger partial charge on any atom is -0.0409 e. The monoisotopic (exact) mass is 222 g/mol. The first-order chi connectivity index (χ1) is 7.63. The molecule has 0 aliphatic heterocycles. The summed E-state index contributed by atoms with van der Waals surface area (Å²) in [5, 5.41) is 0. The Morgan fingerprint density at radius 1 is 0.875 bits per heavy atom. The predicted molar refractivity (Wildman–Crippen MR) is 71.4 cm³/mol. The zero-order valence-corrected chi connectivity index (χ0v) is 11.5. The zero-order chi connectivity index (χ0) is 11.5. The first-order valence-electron chi connectivity index (χ1n) is 7.63. The van der Waals surface area contributed by atoms with Gasteiger partial charge in [0.2, 0.25) is 0 Å². The van der Waals surface area contributed by atoms with E-state index < -0.39 is 0 Å². The summed E-state index contributed by atoms with van der Waals surface area (Å²) in [6, 6.07) is 0. The molecule has 2 saturated carbocycles. The van der Waals surface area contributed by atoms with Crippen LogP contribution in [0.25, 0.3) is 0 Å². The zero-order valence-electron chi connectivity index (χ0n) is 11.5. The van der Waals surface area contributed by atoms with Crippen LogP contribution in [0.5, 0.6) is 0 Å². The van der Waals surface area contributed by atoms with Gasteiger partial charge < -0.3 is 0 Å². The molecule has 0 N–H and O–H groups in total. The van der Waals surface area contributed by atoms with Gasteiger partial charge in [-0.15, -0.1) is 0 Å². The van der Waals surface area contributed by atoms with Gasteiger partial charge in [0.05, 0.1) is 0 Å². The minimum atomic E-state index is 0.912. The molecule has 0 amide bonds. The van der Waals surface area contributed by atoms with Crippen LogP contribution in [0.4, 0.5) is 0 Å². The number of hydrogen-bond donors (Lipinski definition) is 0. The molecule has 2 aliphatic rings. The van der Waals surface area contributed by atoms with Crippen LogP contribution in [0.15, 0.2) is 0 Å². The highest BCUT2D eigenvalue weighted by Gasteiger charge is 2.29. The van der Waals surface area contributed by atoms with E-state index in [0.29, 0.717) is 0 Å². The Hall–Kier alpha value is 0. The lowest BCUT2D eigenvalue weighted by molar-refractivity contribution is 0.348. The first-order valence-corrected chi connectivity index (χ1v) is 7.63. The normalized spacial score (nSPS) is 39.8. The topological polar surface area (TPSA) is 0 Å². The summed E-state index contributed by atoms with van der Waals surface area (Å²) in [5.74, 6) is 5.20. The molecular formula is C16H30. The molecule has 0 bridgehead atoms. The van der Waals surface area contributed by atoms with Crippen molar-refractivity contribution in [1.29, 1.82) is 0 Å². The van der Waals surface area contributed by atoms with E-state index in [1.165, 1.54) is 32.1 Å². The quantitative estimate of drug-likeness (QED) is 0.607. The van der Waals surface area contributed by atoms with Gasteiger partial charge >= 0.3 is 0 Å². The molecule has 0 heteroatoms. The second kappa shape index (κ2) is 5.56. The summed E-state index contributed by atoms with van der Waals surface area (Å²) in [4.78, 5) is 0. The van der Waals surface area contributed by atoms with Gasteiger partial charge in [-0.2, -0.15) is 0 Å². The van der Waals surface area contributed by atoms with Crippen LogP contribution in [0.3, 0.4) is 0 Å². The van der Waals surface area contributed by atoms with Gasteiger partial charge in [-0.05, 0) is 55.3 Å². The van der Waals surface area contributed by atoms with Crippen molar-refractivity contribution in [2.45, 2.75) is 72.1 Å². The molecule has 0 radical (unpaired) electrons. The van der Waals surface area contributed by atoms with Crippen LogP contribution < -0.4 is 0 Å². The van der Waals surface area contributed by atoms with Crippen molar-refractivity contribution < 1.29 is 0 Å². The molecule has 0 spiro atoms. The van der Waals surface area contributed by atoms with E-state index in [1.54, 1.807) is 19.3 Å². The molecule has 4 atom stereocenters. The Morgan fingerprint density at radius 3 is 2.12 bits per heavy atom. The van der Waals surface area contributed by atoms with Gasteiger partial charge in [0, 0.05) is 0 Å². The van der Waals surface area contributed by atoms with E-state index in [4.69, 9.17) is 0 Å². The predicted octanol–water partition coefficient (Wildman–Crippen LogP) is 5.28. The number of rotatable bonds is 4. The molecule has 0 nitrogen and oxygen atoms in total. The maximum atomic E-state index is 2.44. The summed E-state index contributed by atoms with van der Waals surface area (Å²) in [6.07, 6.45) is 12.3. The fourth-order valence-electron chi connectivity index (χ4n) is 4.28. The lowest BCUT2D eigenvalue weighted by Gasteiger charge is -2.16. The fraction of sp³-hybridized carbons (Fsp3) is 1.00. The van der Waals surface area contributed by atoms with E-state index in [-0.39, 0.29) is 0 Å². The molecule has 4 unspecified atom stereocenters. The minimum Gasteiger partial charge on any atom is -0.0628 e. The van der Waals surface area contributed by atoms with Gasteiger partial charge in [0.25, 0.3) is 0 Å². The van der Waals surface area contributed by atoms with Crippen molar-refractivity contribution in [3.8, 4) is 0 Å². The summed E-state index contributed by atoms with van der Waals surface area (Å²) in [5.41, 5.74) is 0. The molecule has 0 saturated heterocycles. The van der Waals surface area contributed by atoms with E-state index >= 15 is 0 Å². The second-order valence-electron chi connectivity index (χ2n) is 7.19. The van der Waals surface area contributed by atoms with E-state index in [1.807, 2.05) is 0 Å². The van der Waals surface area contributed by atoms with Gasteiger partial charge in [-0.25, -0.2) is 0 Å². The van der Waals surface area contributed by atoms with Crippen molar-refractivity contribution in [3.63, 3.8) is 0 Å². The van der Waals surface area contributed by atoms with Gasteiger partial charge in [0.15, 0.2) is 0 Å². The maximum absolute atomic E-state index is 2.44. The Bertz CT molecular complexity index is 206. The number of hydrogen-bond acceptors (Lipinski definition) is 0. The van der Waals surface area contributed by atoms with E-state index in [2.05, 4.69) is 20.8 Å². The van der Waals surface area contributed by atoms with Crippen LogP contribution >= 0.6 is 0 Å². The third-order valence-electron chi connectivity index (χ3n) is 4.92. The second-order valence-corrected chi connectivity index (χ2v) is 7.19. The van der Waals surface area contributed by atoms with Crippen molar-refractivity contribution in [2.75, 3.05) is 0 Å². The van der Waals surface area contributed by atoms with Crippen LogP contribution in [0, 0.1) is 29.6 Å². The fourth-order valence-corrected chi connectivity index (χ4v) is 4.28. The van der Waals surface area contributed by atoms with Gasteiger partial charge in [-0.1, -0.05) is 46.5 Å². The summed E-state index contributed by atoms with van der Waals surface area (Å²) >= 11 is 0. The van der Waals surface area contributed by atoms with E-state index in [9.17, 15) is 0 Å². The van der Waals surface area contributed by atoms with Crippen molar-refractivity contribution in [3.05, 3.63) is 0 Å².